The van der Waals surface area contributed by atoms with E-state index < -0.39 is 43.4 Å². The van der Waals surface area contributed by atoms with Crippen LogP contribution in [0.2, 0.25) is 0 Å². The van der Waals surface area contributed by atoms with Gasteiger partial charge < -0.3 is 5.11 Å². The number of nitrogens with one attached hydrogen (secondary N) is 1. The predicted molar refractivity (Wildman–Crippen MR) is 76.8 cm³/mol. The molecule has 0 radical (unpaired) electrons. The van der Waals surface area contributed by atoms with Gasteiger partial charge in [0, 0.05) is 28.9 Å². The number of sulfonamides is 1. The summed E-state index contributed by atoms with van der Waals surface area (Å²) >= 11 is 0. The fourth-order valence-corrected chi connectivity index (χ4v) is 3.14. The van der Waals surface area contributed by atoms with Gasteiger partial charge in [-0.3, -0.25) is 4.21 Å². The molecule has 2 N–H and O–H groups in total. The number of carboxylic acids is 1. The first-order valence-electron chi connectivity index (χ1n) is 5.91. The van der Waals surface area contributed by atoms with Gasteiger partial charge in [0.1, 0.15) is 5.82 Å². The molecule has 0 saturated carbocycles. The van der Waals surface area contributed by atoms with Gasteiger partial charge in [0.25, 0.3) is 0 Å². The number of benzene rings is 1. The molecule has 0 bridgehead atoms. The van der Waals surface area contributed by atoms with Crippen LogP contribution < -0.4 is 4.72 Å². The van der Waals surface area contributed by atoms with Crippen molar-refractivity contribution in [1.82, 2.24) is 4.72 Å². The zero-order valence-corrected chi connectivity index (χ0v) is 13.3. The lowest BCUT2D eigenvalue weighted by atomic mass is 10.1. The zero-order chi connectivity index (χ0) is 16.4. The molecule has 21 heavy (non-hydrogen) atoms. The summed E-state index contributed by atoms with van der Waals surface area (Å²) in [6.07, 6.45) is 1.45. The molecule has 0 fully saturated rings. The highest BCUT2D eigenvalue weighted by Gasteiger charge is 2.22. The molecule has 2 unspecified atom stereocenters. The van der Waals surface area contributed by atoms with Gasteiger partial charge >= 0.3 is 5.97 Å². The topological polar surface area (TPSA) is 101 Å². The number of hydrogen-bond donors (Lipinski definition) is 2. The fourth-order valence-electron chi connectivity index (χ4n) is 1.47. The molecule has 9 heteroatoms. The summed E-state index contributed by atoms with van der Waals surface area (Å²) in [4.78, 5) is 10.6. The smallest absolute Gasteiger partial charge is 0.338 e. The van der Waals surface area contributed by atoms with Crippen molar-refractivity contribution < 1.29 is 26.9 Å². The van der Waals surface area contributed by atoms with Gasteiger partial charge in [-0.1, -0.05) is 0 Å². The molecule has 1 rings (SSSR count). The summed E-state index contributed by atoms with van der Waals surface area (Å²) in [7, 11) is -5.20. The average molecular weight is 337 g/mol. The standard InChI is InChI=1S/C12H16FNO5S2/c1-7-4-9(5-10(11(7)13)12(15)16)21(18,19)14-6-8(2)20(3)17/h4-5,8,14H,6H2,1-3H3,(H,15,16). The van der Waals surface area contributed by atoms with Gasteiger partial charge in [0.2, 0.25) is 10.0 Å². The molecule has 0 aliphatic heterocycles. The van der Waals surface area contributed by atoms with Gasteiger partial charge in [-0.25, -0.2) is 22.3 Å². The highest BCUT2D eigenvalue weighted by molar-refractivity contribution is 7.89. The Balaban J connectivity index is 3.15. The van der Waals surface area contributed by atoms with Crippen LogP contribution in [-0.2, 0) is 20.8 Å². The third-order valence-corrected chi connectivity index (χ3v) is 5.60. The van der Waals surface area contributed by atoms with E-state index >= 15 is 0 Å². The van der Waals surface area contributed by atoms with Crippen molar-refractivity contribution in [3.8, 4) is 0 Å². The highest BCUT2D eigenvalue weighted by atomic mass is 32.2. The van der Waals surface area contributed by atoms with E-state index in [2.05, 4.69) is 4.72 Å². The Kier molecular flexibility index (Phi) is 5.60. The van der Waals surface area contributed by atoms with E-state index in [9.17, 15) is 21.8 Å². The fraction of sp³-hybridized carbons (Fsp3) is 0.417. The Bertz CT molecular complexity index is 687. The van der Waals surface area contributed by atoms with Crippen LogP contribution in [-0.4, -0.2) is 41.8 Å². The van der Waals surface area contributed by atoms with Crippen LogP contribution in [0.4, 0.5) is 4.39 Å². The van der Waals surface area contributed by atoms with E-state index in [4.69, 9.17) is 5.11 Å². The second-order valence-electron chi connectivity index (χ2n) is 4.57. The Morgan fingerprint density at radius 2 is 2.05 bits per heavy atom. The predicted octanol–water partition coefficient (Wildman–Crippen LogP) is 0.878. The number of aromatic carboxylic acids is 1. The normalized spacial score (nSPS) is 14.7. The molecule has 118 valence electrons. The molecule has 0 spiro atoms. The second kappa shape index (κ2) is 6.63. The lowest BCUT2D eigenvalue weighted by Crippen LogP contribution is -2.32. The van der Waals surface area contributed by atoms with Crippen LogP contribution in [0.1, 0.15) is 22.8 Å². The van der Waals surface area contributed by atoms with Crippen molar-refractivity contribution in [3.63, 3.8) is 0 Å². The Hall–Kier alpha value is -1.32. The lowest BCUT2D eigenvalue weighted by Gasteiger charge is -2.12. The first-order valence-corrected chi connectivity index (χ1v) is 9.02. The van der Waals surface area contributed by atoms with E-state index in [1.54, 1.807) is 6.92 Å². The number of hydrogen-bond acceptors (Lipinski definition) is 4. The number of rotatable bonds is 6. The van der Waals surface area contributed by atoms with Gasteiger partial charge in [-0.2, -0.15) is 0 Å². The molecular weight excluding hydrogens is 321 g/mol. The van der Waals surface area contributed by atoms with Crippen LogP contribution in [0.3, 0.4) is 0 Å². The van der Waals surface area contributed by atoms with E-state index in [1.807, 2.05) is 0 Å². The van der Waals surface area contributed by atoms with Gasteiger partial charge in [-0.05, 0) is 31.5 Å². The van der Waals surface area contributed by atoms with Crippen molar-refractivity contribution in [3.05, 3.63) is 29.1 Å². The Labute approximate surface area is 124 Å². The van der Waals surface area contributed by atoms with Crippen molar-refractivity contribution in [2.75, 3.05) is 12.8 Å². The molecule has 0 amide bonds. The SMILES string of the molecule is Cc1cc(S(=O)(=O)NCC(C)S(C)=O)cc(C(=O)O)c1F. The molecule has 2 atom stereocenters. The van der Waals surface area contributed by atoms with E-state index in [-0.39, 0.29) is 17.0 Å². The monoisotopic (exact) mass is 337 g/mol. The van der Waals surface area contributed by atoms with Crippen molar-refractivity contribution in [2.45, 2.75) is 24.0 Å². The first kappa shape index (κ1) is 17.7. The quantitative estimate of drug-likeness (QED) is 0.802. The number of carbonyl (C=O) groups is 1. The molecule has 0 aliphatic rings. The number of halogens is 1. The molecule has 1 aromatic rings. The zero-order valence-electron chi connectivity index (χ0n) is 11.7. The second-order valence-corrected chi connectivity index (χ2v) is 8.14. The maximum absolute atomic E-state index is 13.6. The minimum atomic E-state index is -4.00. The minimum Gasteiger partial charge on any atom is -0.478 e. The maximum atomic E-state index is 13.6. The summed E-state index contributed by atoms with van der Waals surface area (Å²) in [5.74, 6) is -2.51. The molecule has 0 aromatic heterocycles. The van der Waals surface area contributed by atoms with E-state index in [0.29, 0.717) is 0 Å². The third-order valence-electron chi connectivity index (χ3n) is 2.90. The Morgan fingerprint density at radius 1 is 1.48 bits per heavy atom. The number of carboxylic acid groups (broad SMARTS) is 1. The van der Waals surface area contributed by atoms with Crippen molar-refractivity contribution in [1.29, 1.82) is 0 Å². The van der Waals surface area contributed by atoms with Gasteiger partial charge in [-0.15, -0.1) is 0 Å². The van der Waals surface area contributed by atoms with Gasteiger partial charge in [0.15, 0.2) is 0 Å². The molecular formula is C12H16FNO5S2. The summed E-state index contributed by atoms with van der Waals surface area (Å²) in [6, 6.07) is 1.82. The molecule has 0 saturated heterocycles. The highest BCUT2D eigenvalue weighted by Crippen LogP contribution is 2.19. The van der Waals surface area contributed by atoms with Crippen LogP contribution >= 0.6 is 0 Å². The molecule has 0 heterocycles. The number of aryl methyl sites for hydroxylation is 1. The van der Waals surface area contributed by atoms with Crippen LogP contribution in [0, 0.1) is 12.7 Å². The summed E-state index contributed by atoms with van der Waals surface area (Å²) in [6.45, 7) is 2.83. The Morgan fingerprint density at radius 3 is 2.52 bits per heavy atom. The van der Waals surface area contributed by atoms with E-state index in [0.717, 1.165) is 12.1 Å². The third kappa shape index (κ3) is 4.32. The van der Waals surface area contributed by atoms with Gasteiger partial charge in [0.05, 0.1) is 10.5 Å². The average Bonchev–Trinajstić information content (AvgIpc) is 2.38. The maximum Gasteiger partial charge on any atom is 0.338 e. The lowest BCUT2D eigenvalue weighted by molar-refractivity contribution is 0.0691. The molecule has 6 nitrogen and oxygen atoms in total. The summed E-state index contributed by atoms with van der Waals surface area (Å²) in [5.41, 5.74) is -0.787. The largest absolute Gasteiger partial charge is 0.478 e. The molecule has 0 aliphatic carbocycles. The van der Waals surface area contributed by atoms with Crippen molar-refractivity contribution >= 4 is 26.8 Å². The van der Waals surface area contributed by atoms with Crippen LogP contribution in [0.15, 0.2) is 17.0 Å². The van der Waals surface area contributed by atoms with Crippen LogP contribution in [0.5, 0.6) is 0 Å². The van der Waals surface area contributed by atoms with Crippen LogP contribution in [0.25, 0.3) is 0 Å². The van der Waals surface area contributed by atoms with Crippen molar-refractivity contribution in [2.24, 2.45) is 0 Å². The molecule has 1 aromatic carbocycles. The van der Waals surface area contributed by atoms with E-state index in [1.165, 1.54) is 13.2 Å². The minimum absolute atomic E-state index is 0.0652. The first-order chi connectivity index (χ1) is 9.56. The summed E-state index contributed by atoms with van der Waals surface area (Å²) < 4.78 is 51.2. The summed E-state index contributed by atoms with van der Waals surface area (Å²) in [5, 5.41) is 8.47.